The first-order valence-corrected chi connectivity index (χ1v) is 5.98. The maximum atomic E-state index is 11.1. The molecule has 0 radical (unpaired) electrons. The van der Waals surface area contributed by atoms with Crippen molar-refractivity contribution in [2.24, 2.45) is 0 Å². The molecule has 0 bridgehead atoms. The summed E-state index contributed by atoms with van der Waals surface area (Å²) in [5, 5.41) is 27.3. The molecule has 0 aliphatic carbocycles. The second kappa shape index (κ2) is 6.23. The van der Waals surface area contributed by atoms with Gasteiger partial charge in [-0.25, -0.2) is 4.79 Å². The first kappa shape index (κ1) is 14.1. The molecule has 0 aliphatic rings. The molecule has 2 aromatic rings. The predicted molar refractivity (Wildman–Crippen MR) is 74.0 cm³/mol. The van der Waals surface area contributed by atoms with Crippen molar-refractivity contribution in [3.05, 3.63) is 59.7 Å². The second-order valence-electron chi connectivity index (χ2n) is 4.20. The van der Waals surface area contributed by atoms with Crippen molar-refractivity contribution in [3.63, 3.8) is 0 Å². The predicted octanol–water partition coefficient (Wildman–Crippen LogP) is 0.644. The normalized spacial score (nSPS) is 10.1. The van der Waals surface area contributed by atoms with E-state index in [9.17, 15) is 4.79 Å². The van der Waals surface area contributed by atoms with Gasteiger partial charge >= 0.3 is 13.1 Å². The summed E-state index contributed by atoms with van der Waals surface area (Å²) in [5.41, 5.74) is 0.700. The summed E-state index contributed by atoms with van der Waals surface area (Å²) < 4.78 is 5.49. The molecule has 2 aromatic carbocycles. The van der Waals surface area contributed by atoms with Crippen LogP contribution in [0.15, 0.2) is 48.5 Å². The molecule has 0 aliphatic heterocycles. The van der Waals surface area contributed by atoms with E-state index in [1.807, 2.05) is 30.3 Å². The molecule has 0 spiro atoms. The molecular formula is C14H13BO5. The lowest BCUT2D eigenvalue weighted by atomic mass is 9.77. The topological polar surface area (TPSA) is 87.0 Å². The van der Waals surface area contributed by atoms with Crippen LogP contribution in [0.4, 0.5) is 0 Å². The van der Waals surface area contributed by atoms with Crippen molar-refractivity contribution < 1.29 is 24.7 Å². The molecule has 2 rings (SSSR count). The summed E-state index contributed by atoms with van der Waals surface area (Å²) in [4.78, 5) is 11.1. The molecular weight excluding hydrogens is 259 g/mol. The van der Waals surface area contributed by atoms with Crippen LogP contribution in [0.25, 0.3) is 0 Å². The van der Waals surface area contributed by atoms with Crippen LogP contribution in [-0.2, 0) is 6.61 Å². The van der Waals surface area contributed by atoms with Gasteiger partial charge in [0.15, 0.2) is 0 Å². The standard InChI is InChI=1S/C14H13BO5/c16-14(17)12-8-11(6-7-13(12)15(18)19)20-9-10-4-2-1-3-5-10/h1-8,18-19H,9H2,(H,16,17). The molecule has 102 valence electrons. The monoisotopic (exact) mass is 272 g/mol. The Morgan fingerprint density at radius 2 is 1.80 bits per heavy atom. The quantitative estimate of drug-likeness (QED) is 0.695. The summed E-state index contributed by atoms with van der Waals surface area (Å²) in [6.45, 7) is 0.306. The molecule has 0 heterocycles. The van der Waals surface area contributed by atoms with Gasteiger partial charge in [-0.3, -0.25) is 0 Å². The highest BCUT2D eigenvalue weighted by molar-refractivity contribution is 6.60. The van der Waals surface area contributed by atoms with Crippen LogP contribution in [0.5, 0.6) is 5.75 Å². The summed E-state index contributed by atoms with van der Waals surface area (Å²) in [6, 6.07) is 13.6. The van der Waals surface area contributed by atoms with E-state index < -0.39 is 13.1 Å². The van der Waals surface area contributed by atoms with Gasteiger partial charge in [-0.2, -0.15) is 0 Å². The molecule has 20 heavy (non-hydrogen) atoms. The maximum Gasteiger partial charge on any atom is 0.489 e. The Morgan fingerprint density at radius 3 is 2.40 bits per heavy atom. The molecule has 0 atom stereocenters. The summed E-state index contributed by atoms with van der Waals surface area (Å²) >= 11 is 0. The van der Waals surface area contributed by atoms with Crippen molar-refractivity contribution in [2.75, 3.05) is 0 Å². The lowest BCUT2D eigenvalue weighted by molar-refractivity contribution is 0.0697. The molecule has 0 saturated heterocycles. The maximum absolute atomic E-state index is 11.1. The Kier molecular flexibility index (Phi) is 4.39. The van der Waals surface area contributed by atoms with Gasteiger partial charge < -0.3 is 19.9 Å². The van der Waals surface area contributed by atoms with Crippen molar-refractivity contribution >= 4 is 18.6 Å². The third kappa shape index (κ3) is 3.37. The van der Waals surface area contributed by atoms with E-state index >= 15 is 0 Å². The van der Waals surface area contributed by atoms with E-state index in [1.54, 1.807) is 0 Å². The number of carboxylic acid groups (broad SMARTS) is 1. The number of rotatable bonds is 5. The molecule has 5 nitrogen and oxygen atoms in total. The Bertz CT molecular complexity index is 598. The zero-order chi connectivity index (χ0) is 14.5. The van der Waals surface area contributed by atoms with E-state index in [2.05, 4.69) is 0 Å². The van der Waals surface area contributed by atoms with Gasteiger partial charge in [0.25, 0.3) is 0 Å². The van der Waals surface area contributed by atoms with Crippen LogP contribution in [0.1, 0.15) is 15.9 Å². The van der Waals surface area contributed by atoms with Gasteiger partial charge in [0, 0.05) is 0 Å². The number of ether oxygens (including phenoxy) is 1. The SMILES string of the molecule is O=C(O)c1cc(OCc2ccccc2)ccc1B(O)O. The van der Waals surface area contributed by atoms with Crippen molar-refractivity contribution in [1.82, 2.24) is 0 Å². The van der Waals surface area contributed by atoms with Crippen LogP contribution in [0.2, 0.25) is 0 Å². The van der Waals surface area contributed by atoms with Gasteiger partial charge in [0.05, 0.1) is 5.56 Å². The number of hydrogen-bond donors (Lipinski definition) is 3. The van der Waals surface area contributed by atoms with Gasteiger partial charge in [-0.1, -0.05) is 36.4 Å². The largest absolute Gasteiger partial charge is 0.489 e. The smallest absolute Gasteiger partial charge is 0.489 e. The van der Waals surface area contributed by atoms with E-state index in [1.165, 1.54) is 18.2 Å². The highest BCUT2D eigenvalue weighted by Crippen LogP contribution is 2.14. The molecule has 0 saturated carbocycles. The Balaban J connectivity index is 2.17. The highest BCUT2D eigenvalue weighted by Gasteiger charge is 2.20. The third-order valence-electron chi connectivity index (χ3n) is 2.78. The minimum absolute atomic E-state index is 0.0652. The Morgan fingerprint density at radius 1 is 1.10 bits per heavy atom. The molecule has 0 unspecified atom stereocenters. The number of carboxylic acids is 1. The Labute approximate surface area is 116 Å². The van der Waals surface area contributed by atoms with Gasteiger partial charge in [0.1, 0.15) is 12.4 Å². The van der Waals surface area contributed by atoms with E-state index in [4.69, 9.17) is 19.9 Å². The minimum atomic E-state index is -1.83. The molecule has 0 amide bonds. The van der Waals surface area contributed by atoms with Crippen LogP contribution in [0.3, 0.4) is 0 Å². The highest BCUT2D eigenvalue weighted by atomic mass is 16.5. The fourth-order valence-corrected chi connectivity index (χ4v) is 1.78. The zero-order valence-electron chi connectivity index (χ0n) is 10.6. The molecule has 0 aromatic heterocycles. The lowest BCUT2D eigenvalue weighted by Gasteiger charge is -2.10. The first-order chi connectivity index (χ1) is 9.58. The van der Waals surface area contributed by atoms with E-state index in [-0.39, 0.29) is 11.0 Å². The minimum Gasteiger partial charge on any atom is -0.489 e. The number of carbonyl (C=O) groups is 1. The van der Waals surface area contributed by atoms with E-state index in [0.717, 1.165) is 5.56 Å². The average molecular weight is 272 g/mol. The summed E-state index contributed by atoms with van der Waals surface area (Å²) in [7, 11) is -1.83. The van der Waals surface area contributed by atoms with Crippen molar-refractivity contribution in [3.8, 4) is 5.75 Å². The average Bonchev–Trinajstić information content (AvgIpc) is 2.45. The fraction of sp³-hybridized carbons (Fsp3) is 0.0714. The van der Waals surface area contributed by atoms with E-state index in [0.29, 0.717) is 12.4 Å². The van der Waals surface area contributed by atoms with Crippen LogP contribution < -0.4 is 10.2 Å². The third-order valence-corrected chi connectivity index (χ3v) is 2.78. The number of hydrogen-bond acceptors (Lipinski definition) is 4. The number of benzene rings is 2. The van der Waals surface area contributed by atoms with Crippen molar-refractivity contribution in [1.29, 1.82) is 0 Å². The molecule has 3 N–H and O–H groups in total. The van der Waals surface area contributed by atoms with Crippen LogP contribution in [0, 0.1) is 0 Å². The zero-order valence-corrected chi connectivity index (χ0v) is 10.6. The van der Waals surface area contributed by atoms with Gasteiger partial charge in [0.2, 0.25) is 0 Å². The van der Waals surface area contributed by atoms with Gasteiger partial charge in [-0.15, -0.1) is 0 Å². The fourth-order valence-electron chi connectivity index (χ4n) is 1.78. The molecule has 0 fully saturated rings. The summed E-state index contributed by atoms with van der Waals surface area (Å²) in [5.74, 6) is -0.881. The summed E-state index contributed by atoms with van der Waals surface area (Å²) in [6.07, 6.45) is 0. The first-order valence-electron chi connectivity index (χ1n) is 5.98. The van der Waals surface area contributed by atoms with Crippen molar-refractivity contribution in [2.45, 2.75) is 6.61 Å². The second-order valence-corrected chi connectivity index (χ2v) is 4.20. The van der Waals surface area contributed by atoms with Gasteiger partial charge in [-0.05, 0) is 23.2 Å². The van der Waals surface area contributed by atoms with Crippen LogP contribution in [-0.4, -0.2) is 28.2 Å². The molecule has 6 heteroatoms. The van der Waals surface area contributed by atoms with Crippen LogP contribution >= 0.6 is 0 Å². The lowest BCUT2D eigenvalue weighted by Crippen LogP contribution is -2.34. The number of aromatic carboxylic acids is 1. The Hall–Kier alpha value is -2.31.